The summed E-state index contributed by atoms with van der Waals surface area (Å²) in [5.74, 6) is -0.115. The average molecular weight is 556 g/mol. The highest BCUT2D eigenvalue weighted by atomic mass is 35.5. The van der Waals surface area contributed by atoms with E-state index in [4.69, 9.17) is 16.6 Å². The molecule has 0 unspecified atom stereocenters. The minimum atomic E-state index is -0.208. The van der Waals surface area contributed by atoms with Gasteiger partial charge in [-0.1, -0.05) is 97.2 Å². The third kappa shape index (κ3) is 4.81. The number of hydrogen-bond acceptors (Lipinski definition) is 4. The largest absolute Gasteiger partial charge is 0.324 e. The number of nitrogens with one attached hydrogen (secondary N) is 1. The van der Waals surface area contributed by atoms with Crippen molar-refractivity contribution in [2.75, 3.05) is 11.1 Å². The second-order valence-electron chi connectivity index (χ2n) is 10.5. The predicted octanol–water partition coefficient (Wildman–Crippen LogP) is 7.35. The van der Waals surface area contributed by atoms with E-state index in [-0.39, 0.29) is 22.6 Å². The highest BCUT2D eigenvalue weighted by molar-refractivity contribution is 7.99. The Morgan fingerprint density at radius 3 is 2.51 bits per heavy atom. The maximum atomic E-state index is 14.6. The molecular formula is C32H30ClN3O2S. The van der Waals surface area contributed by atoms with Crippen LogP contribution < -0.4 is 10.9 Å². The Morgan fingerprint density at radius 1 is 1.00 bits per heavy atom. The van der Waals surface area contributed by atoms with Gasteiger partial charge < -0.3 is 5.32 Å². The molecule has 1 aromatic heterocycles. The normalized spacial score (nSPS) is 15.4. The number of fused-ring (bicyclic) bond motifs is 4. The van der Waals surface area contributed by atoms with Crippen molar-refractivity contribution in [3.8, 4) is 16.9 Å². The molecule has 6 rings (SSSR count). The number of carbonyl (C=O) groups excluding carboxylic acids is 1. The van der Waals surface area contributed by atoms with Crippen LogP contribution in [0.2, 0.25) is 5.02 Å². The topological polar surface area (TPSA) is 64.0 Å². The quantitative estimate of drug-likeness (QED) is 0.206. The van der Waals surface area contributed by atoms with Gasteiger partial charge in [0.15, 0.2) is 5.16 Å². The minimum Gasteiger partial charge on any atom is -0.324 e. The maximum Gasteiger partial charge on any atom is 0.263 e. The third-order valence-electron chi connectivity index (χ3n) is 8.03. The van der Waals surface area contributed by atoms with Crippen LogP contribution in [0.5, 0.6) is 0 Å². The summed E-state index contributed by atoms with van der Waals surface area (Å²) < 4.78 is 1.74. The molecule has 2 aliphatic rings. The van der Waals surface area contributed by atoms with Gasteiger partial charge in [-0.3, -0.25) is 14.2 Å². The summed E-state index contributed by atoms with van der Waals surface area (Å²) in [5.41, 5.74) is 6.03. The fourth-order valence-electron chi connectivity index (χ4n) is 6.19. The Bertz CT molecular complexity index is 1620. The first-order valence-electron chi connectivity index (χ1n) is 13.5. The zero-order valence-electron chi connectivity index (χ0n) is 21.9. The van der Waals surface area contributed by atoms with Gasteiger partial charge in [-0.15, -0.1) is 0 Å². The van der Waals surface area contributed by atoms with Crippen LogP contribution in [-0.4, -0.2) is 21.2 Å². The highest BCUT2D eigenvalue weighted by Gasteiger charge is 2.43. The Labute approximate surface area is 237 Å². The fraction of sp³-hybridized carbons (Fsp3) is 0.281. The molecule has 5 nitrogen and oxygen atoms in total. The molecule has 3 aromatic carbocycles. The van der Waals surface area contributed by atoms with Gasteiger partial charge in [-0.2, -0.15) is 0 Å². The molecule has 0 aliphatic heterocycles. The van der Waals surface area contributed by atoms with Crippen molar-refractivity contribution in [2.24, 2.45) is 0 Å². The predicted molar refractivity (Wildman–Crippen MR) is 159 cm³/mol. The molecule has 0 radical (unpaired) electrons. The molecule has 1 heterocycles. The van der Waals surface area contributed by atoms with Crippen LogP contribution in [0.15, 0.2) is 82.7 Å². The van der Waals surface area contributed by atoms with E-state index in [9.17, 15) is 9.59 Å². The monoisotopic (exact) mass is 555 g/mol. The van der Waals surface area contributed by atoms with Crippen LogP contribution in [0.4, 0.5) is 5.69 Å². The number of thioether (sulfide) groups is 1. The molecule has 4 aromatic rings. The SMILES string of the molecule is Cc1ccccc1-n1c(SCC(=O)Nc2ccccc2Cl)nc2c(c1=O)C1(CCCCC1)Cc1ccccc1-2. The van der Waals surface area contributed by atoms with Crippen molar-refractivity contribution in [2.45, 2.75) is 56.0 Å². The van der Waals surface area contributed by atoms with Crippen molar-refractivity contribution in [1.82, 2.24) is 9.55 Å². The molecule has 1 amide bonds. The van der Waals surface area contributed by atoms with Crippen LogP contribution in [0.3, 0.4) is 0 Å². The van der Waals surface area contributed by atoms with E-state index in [2.05, 4.69) is 23.5 Å². The summed E-state index contributed by atoms with van der Waals surface area (Å²) in [6.07, 6.45) is 6.28. The molecular weight excluding hydrogens is 526 g/mol. The van der Waals surface area contributed by atoms with Crippen molar-refractivity contribution >= 4 is 35.0 Å². The minimum absolute atomic E-state index is 0.0142. The first-order chi connectivity index (χ1) is 19.0. The van der Waals surface area contributed by atoms with Crippen LogP contribution in [-0.2, 0) is 16.6 Å². The van der Waals surface area contributed by atoms with Gasteiger partial charge in [0, 0.05) is 11.0 Å². The fourth-order valence-corrected chi connectivity index (χ4v) is 7.17. The van der Waals surface area contributed by atoms with Crippen LogP contribution in [0, 0.1) is 6.92 Å². The number of rotatable bonds is 5. The number of benzene rings is 3. The lowest BCUT2D eigenvalue weighted by Crippen LogP contribution is -2.43. The van der Waals surface area contributed by atoms with Gasteiger partial charge in [0.2, 0.25) is 5.91 Å². The second kappa shape index (κ2) is 10.7. The molecule has 1 fully saturated rings. The molecule has 0 saturated heterocycles. The smallest absolute Gasteiger partial charge is 0.263 e. The van der Waals surface area contributed by atoms with E-state index < -0.39 is 0 Å². The van der Waals surface area contributed by atoms with E-state index in [0.29, 0.717) is 15.9 Å². The summed E-state index contributed by atoms with van der Waals surface area (Å²) in [6, 6.07) is 23.4. The van der Waals surface area contributed by atoms with E-state index in [1.165, 1.54) is 23.7 Å². The molecule has 0 atom stereocenters. The molecule has 1 N–H and O–H groups in total. The van der Waals surface area contributed by atoms with Gasteiger partial charge in [-0.25, -0.2) is 4.98 Å². The average Bonchev–Trinajstić information content (AvgIpc) is 2.94. The number of aromatic nitrogens is 2. The van der Waals surface area contributed by atoms with E-state index in [0.717, 1.165) is 60.2 Å². The Kier molecular flexibility index (Phi) is 7.08. The molecule has 1 spiro atoms. The molecule has 2 aliphatic carbocycles. The number of nitrogens with zero attached hydrogens (tertiary/aromatic N) is 2. The van der Waals surface area contributed by atoms with Crippen LogP contribution >= 0.6 is 23.4 Å². The zero-order chi connectivity index (χ0) is 27.0. The first kappa shape index (κ1) is 25.9. The Balaban J connectivity index is 1.49. The standard InChI is InChI=1S/C32H30ClN3O2S/c1-21-11-3-8-16-26(21)36-30(38)28-29(23-13-5-4-12-22(23)19-32(28)17-9-2-10-18-32)35-31(36)39-20-27(37)34-25-15-7-6-14-24(25)33/h3-8,11-16H,2,9-10,17-20H2,1H3,(H,34,37). The lowest BCUT2D eigenvalue weighted by Gasteiger charge is -2.42. The van der Waals surface area contributed by atoms with Crippen molar-refractivity contribution in [1.29, 1.82) is 0 Å². The molecule has 1 saturated carbocycles. The number of hydrogen-bond donors (Lipinski definition) is 1. The van der Waals surface area contributed by atoms with Gasteiger partial charge in [0.1, 0.15) is 0 Å². The Hall–Kier alpha value is -3.35. The zero-order valence-corrected chi connectivity index (χ0v) is 23.4. The van der Waals surface area contributed by atoms with Gasteiger partial charge in [0.25, 0.3) is 5.56 Å². The van der Waals surface area contributed by atoms with E-state index in [1.54, 1.807) is 16.7 Å². The maximum absolute atomic E-state index is 14.6. The summed E-state index contributed by atoms with van der Waals surface area (Å²) in [5, 5.41) is 3.88. The lowest BCUT2D eigenvalue weighted by molar-refractivity contribution is -0.113. The van der Waals surface area contributed by atoms with Gasteiger partial charge in [0.05, 0.1) is 33.4 Å². The second-order valence-corrected chi connectivity index (χ2v) is 11.9. The third-order valence-corrected chi connectivity index (χ3v) is 9.30. The van der Waals surface area contributed by atoms with Crippen LogP contribution in [0.1, 0.15) is 48.8 Å². The lowest BCUT2D eigenvalue weighted by atomic mass is 9.62. The first-order valence-corrected chi connectivity index (χ1v) is 14.8. The van der Waals surface area contributed by atoms with Crippen LogP contribution in [0.25, 0.3) is 16.9 Å². The number of amides is 1. The number of carbonyl (C=O) groups is 1. The summed E-state index contributed by atoms with van der Waals surface area (Å²) >= 11 is 7.53. The number of halogens is 1. The molecule has 39 heavy (non-hydrogen) atoms. The number of anilines is 1. The summed E-state index contributed by atoms with van der Waals surface area (Å²) in [4.78, 5) is 32.8. The number of aryl methyl sites for hydroxylation is 1. The molecule has 198 valence electrons. The van der Waals surface area contributed by atoms with E-state index in [1.807, 2.05) is 49.4 Å². The van der Waals surface area contributed by atoms with E-state index >= 15 is 0 Å². The molecule has 0 bridgehead atoms. The van der Waals surface area contributed by atoms with Crippen molar-refractivity contribution < 1.29 is 4.79 Å². The van der Waals surface area contributed by atoms with Crippen molar-refractivity contribution in [3.05, 3.63) is 105 Å². The number of para-hydroxylation sites is 2. The highest BCUT2D eigenvalue weighted by Crippen LogP contribution is 2.49. The van der Waals surface area contributed by atoms with Gasteiger partial charge >= 0.3 is 0 Å². The van der Waals surface area contributed by atoms with Gasteiger partial charge in [-0.05, 0) is 55.5 Å². The molecule has 7 heteroatoms. The summed E-state index contributed by atoms with van der Waals surface area (Å²) in [7, 11) is 0. The van der Waals surface area contributed by atoms with Crippen molar-refractivity contribution in [3.63, 3.8) is 0 Å². The summed E-state index contributed by atoms with van der Waals surface area (Å²) in [6.45, 7) is 2.01. The Morgan fingerprint density at radius 2 is 1.72 bits per heavy atom.